The van der Waals surface area contributed by atoms with E-state index in [1.54, 1.807) is 27.7 Å². The van der Waals surface area contributed by atoms with Gasteiger partial charge in [0.1, 0.15) is 13.3 Å². The van der Waals surface area contributed by atoms with Gasteiger partial charge in [-0.3, -0.25) is 24.1 Å². The van der Waals surface area contributed by atoms with Crippen LogP contribution in [0.4, 0.5) is 0 Å². The summed E-state index contributed by atoms with van der Waals surface area (Å²) in [7, 11) is 1.71. The second-order valence-corrected chi connectivity index (χ2v) is 9.79. The molecule has 4 aromatic rings. The van der Waals surface area contributed by atoms with Crippen molar-refractivity contribution in [3.63, 3.8) is 0 Å². The summed E-state index contributed by atoms with van der Waals surface area (Å²) in [4.78, 5) is 42.3. The monoisotopic (exact) mass is 536 g/mol. The molecule has 0 saturated heterocycles. The highest BCUT2D eigenvalue weighted by atomic mass is 16.5. The second kappa shape index (κ2) is 11.9. The Morgan fingerprint density at radius 1 is 0.875 bits per heavy atom. The lowest BCUT2D eigenvalue weighted by atomic mass is 9.98. The highest BCUT2D eigenvalue weighted by molar-refractivity contribution is 5.96. The molecule has 0 fully saturated rings. The number of benzene rings is 3. The third kappa shape index (κ3) is 5.61. The summed E-state index contributed by atoms with van der Waals surface area (Å²) in [6, 6.07) is 30.8. The van der Waals surface area contributed by atoms with Gasteiger partial charge in [0, 0.05) is 39.3 Å². The molecule has 2 heterocycles. The lowest BCUT2D eigenvalue weighted by Crippen LogP contribution is -2.56. The van der Waals surface area contributed by atoms with Gasteiger partial charge in [-0.05, 0) is 16.7 Å². The van der Waals surface area contributed by atoms with Gasteiger partial charge in [-0.2, -0.15) is 0 Å². The smallest absolute Gasteiger partial charge is 0.277 e. The first kappa shape index (κ1) is 26.7. The number of hydrogen-bond donors (Lipinski definition) is 0. The van der Waals surface area contributed by atoms with Crippen LogP contribution in [-0.2, 0) is 11.4 Å². The highest BCUT2D eigenvalue weighted by Crippen LogP contribution is 2.32. The Morgan fingerprint density at radius 3 is 2.02 bits per heavy atom. The molecule has 2 amide bonds. The molecule has 0 unspecified atom stereocenters. The Balaban J connectivity index is 1.62. The molecule has 1 aliphatic rings. The van der Waals surface area contributed by atoms with E-state index < -0.39 is 0 Å². The minimum Gasteiger partial charge on any atom is -0.482 e. The molecular weight excluding hydrogens is 504 g/mol. The van der Waals surface area contributed by atoms with Crippen molar-refractivity contribution in [3.05, 3.63) is 136 Å². The van der Waals surface area contributed by atoms with Crippen LogP contribution in [0.15, 0.2) is 108 Å². The van der Waals surface area contributed by atoms with Gasteiger partial charge in [0.25, 0.3) is 5.91 Å². The highest BCUT2D eigenvalue weighted by Gasteiger charge is 2.37. The zero-order chi connectivity index (χ0) is 28.1. The van der Waals surface area contributed by atoms with E-state index in [1.807, 2.05) is 66.7 Å². The van der Waals surface area contributed by atoms with Crippen LogP contribution >= 0.6 is 0 Å². The minimum atomic E-state index is -0.367. The molecule has 8 nitrogen and oxygen atoms in total. The van der Waals surface area contributed by atoms with Crippen LogP contribution in [0, 0.1) is 0 Å². The van der Waals surface area contributed by atoms with Crippen molar-refractivity contribution in [2.24, 2.45) is 0 Å². The van der Waals surface area contributed by atoms with Gasteiger partial charge in [0.15, 0.2) is 11.4 Å². The molecule has 0 atom stereocenters. The number of pyridine rings is 1. The quantitative estimate of drug-likeness (QED) is 0.323. The summed E-state index contributed by atoms with van der Waals surface area (Å²) >= 11 is 0. The van der Waals surface area contributed by atoms with Gasteiger partial charge < -0.3 is 14.5 Å². The van der Waals surface area contributed by atoms with E-state index in [4.69, 9.17) is 4.74 Å². The first-order chi connectivity index (χ1) is 19.4. The fraction of sp³-hybridized carbons (Fsp3) is 0.219. The molecule has 5 rings (SSSR count). The molecule has 40 heavy (non-hydrogen) atoms. The van der Waals surface area contributed by atoms with Crippen molar-refractivity contribution in [2.45, 2.75) is 19.6 Å². The van der Waals surface area contributed by atoms with Crippen LogP contribution in [-0.4, -0.2) is 53.1 Å². The maximum atomic E-state index is 14.0. The lowest BCUT2D eigenvalue weighted by Gasteiger charge is -2.44. The van der Waals surface area contributed by atoms with Crippen molar-refractivity contribution in [3.8, 4) is 5.75 Å². The van der Waals surface area contributed by atoms with E-state index in [2.05, 4.69) is 29.3 Å². The van der Waals surface area contributed by atoms with Crippen LogP contribution < -0.4 is 15.2 Å². The fourth-order valence-electron chi connectivity index (χ4n) is 4.86. The number of amides is 2. The lowest BCUT2D eigenvalue weighted by molar-refractivity contribution is -0.127. The van der Waals surface area contributed by atoms with Gasteiger partial charge in [-0.15, -0.1) is 0 Å². The van der Waals surface area contributed by atoms with E-state index in [1.165, 1.54) is 13.0 Å². The molecule has 0 bridgehead atoms. The maximum Gasteiger partial charge on any atom is 0.277 e. The Kier molecular flexibility index (Phi) is 7.96. The standard InChI is InChI=1S/C32H32N4O4/c1-24(37)33(2)20-21-34-23-36(29(26-14-8-4-9-15-26)27-16-10-5-11-17-27)35-19-18-28(38)31(30(35)32(34)39)40-22-25-12-6-3-7-13-25/h3-19,29H,20-23H2,1-2H3. The Bertz CT molecular complexity index is 1480. The topological polar surface area (TPSA) is 75.1 Å². The predicted octanol–water partition coefficient (Wildman–Crippen LogP) is 4.05. The molecule has 3 aromatic carbocycles. The van der Waals surface area contributed by atoms with Crippen molar-refractivity contribution < 1.29 is 14.3 Å². The number of aromatic nitrogens is 1. The zero-order valence-corrected chi connectivity index (χ0v) is 22.6. The largest absolute Gasteiger partial charge is 0.482 e. The van der Waals surface area contributed by atoms with Crippen molar-refractivity contribution in [1.82, 2.24) is 14.5 Å². The fourth-order valence-corrected chi connectivity index (χ4v) is 4.86. The predicted molar refractivity (Wildman–Crippen MR) is 154 cm³/mol. The second-order valence-electron chi connectivity index (χ2n) is 9.79. The molecule has 204 valence electrons. The number of carbonyl (C=O) groups is 2. The van der Waals surface area contributed by atoms with Gasteiger partial charge in [-0.25, -0.2) is 0 Å². The normalized spacial score (nSPS) is 12.8. The number of likely N-dealkylation sites (N-methyl/N-ethyl adjacent to an activating group) is 1. The number of carbonyl (C=O) groups excluding carboxylic acids is 2. The maximum absolute atomic E-state index is 14.0. The first-order valence-corrected chi connectivity index (χ1v) is 13.2. The van der Waals surface area contributed by atoms with E-state index in [0.29, 0.717) is 13.1 Å². The average molecular weight is 537 g/mol. The molecule has 0 aliphatic carbocycles. The average Bonchev–Trinajstić information content (AvgIpc) is 2.98. The molecule has 0 spiro atoms. The van der Waals surface area contributed by atoms with E-state index in [-0.39, 0.29) is 48.0 Å². The van der Waals surface area contributed by atoms with Crippen molar-refractivity contribution in [1.29, 1.82) is 0 Å². The SMILES string of the molecule is CC(=O)N(C)CCN1CN(C(c2ccccc2)c2ccccc2)n2ccc(=O)c(OCc3ccccc3)c2C1=O. The molecule has 0 N–H and O–H groups in total. The summed E-state index contributed by atoms with van der Waals surface area (Å²) in [6.07, 6.45) is 1.64. The van der Waals surface area contributed by atoms with Gasteiger partial charge in [0.2, 0.25) is 11.3 Å². The van der Waals surface area contributed by atoms with Crippen LogP contribution in [0.5, 0.6) is 5.75 Å². The Morgan fingerprint density at radius 2 is 1.45 bits per heavy atom. The van der Waals surface area contributed by atoms with E-state index >= 15 is 0 Å². The Labute approximate surface area is 233 Å². The van der Waals surface area contributed by atoms with Gasteiger partial charge >= 0.3 is 0 Å². The van der Waals surface area contributed by atoms with E-state index in [9.17, 15) is 14.4 Å². The molecular formula is C32H32N4O4. The number of ether oxygens (including phenoxy) is 1. The summed E-state index contributed by atoms with van der Waals surface area (Å²) in [5.41, 5.74) is 2.74. The van der Waals surface area contributed by atoms with Crippen molar-refractivity contribution >= 4 is 11.8 Å². The van der Waals surface area contributed by atoms with Gasteiger partial charge in [-0.1, -0.05) is 91.0 Å². The molecule has 0 saturated carbocycles. The summed E-state index contributed by atoms with van der Waals surface area (Å²) in [5.74, 6) is -0.407. The van der Waals surface area contributed by atoms with Crippen LogP contribution in [0.25, 0.3) is 0 Å². The molecule has 1 aliphatic heterocycles. The Hall–Kier alpha value is -4.85. The number of hydrogen-bond acceptors (Lipinski definition) is 5. The molecule has 0 radical (unpaired) electrons. The number of fused-ring (bicyclic) bond motifs is 1. The molecule has 8 heteroatoms. The zero-order valence-electron chi connectivity index (χ0n) is 22.6. The third-order valence-electron chi connectivity index (χ3n) is 7.11. The summed E-state index contributed by atoms with van der Waals surface area (Å²) in [6.45, 7) is 2.53. The third-order valence-corrected chi connectivity index (χ3v) is 7.11. The number of nitrogens with zero attached hydrogens (tertiary/aromatic N) is 4. The molecule has 1 aromatic heterocycles. The summed E-state index contributed by atoms with van der Waals surface area (Å²) in [5, 5.41) is 2.06. The first-order valence-electron chi connectivity index (χ1n) is 13.2. The summed E-state index contributed by atoms with van der Waals surface area (Å²) < 4.78 is 7.82. The number of rotatable bonds is 9. The van der Waals surface area contributed by atoms with Gasteiger partial charge in [0.05, 0.1) is 6.04 Å². The van der Waals surface area contributed by atoms with Crippen LogP contribution in [0.2, 0.25) is 0 Å². The van der Waals surface area contributed by atoms with Crippen LogP contribution in [0.1, 0.15) is 40.1 Å². The van der Waals surface area contributed by atoms with Crippen LogP contribution in [0.3, 0.4) is 0 Å². The minimum absolute atomic E-state index is 0.00542. The van der Waals surface area contributed by atoms with E-state index in [0.717, 1.165) is 16.7 Å². The van der Waals surface area contributed by atoms with Crippen molar-refractivity contribution in [2.75, 3.05) is 31.8 Å².